The molecule has 5 aromatic heterocycles. The molecule has 0 atom stereocenters. The SMILES string of the molecule is C=C=C.CC.CNCc1cc(F)cc(-c2cncc3[nH]c(-c4n[nH]c5cnc(-c6cncc(CN(C)C)c6)c(F)c45)nc23)c1. The summed E-state index contributed by atoms with van der Waals surface area (Å²) in [5.41, 5.74) is 7.97. The topological polar surface area (TPSA) is 111 Å². The Hall–Kier alpha value is -5.09. The molecule has 6 rings (SSSR count). The lowest BCUT2D eigenvalue weighted by atomic mass is 10.0. The summed E-state index contributed by atoms with van der Waals surface area (Å²) in [5.74, 6) is -0.524. The number of aromatic nitrogens is 7. The maximum absolute atomic E-state index is 16.0. The smallest absolute Gasteiger partial charge is 0.161 e. The summed E-state index contributed by atoms with van der Waals surface area (Å²) in [6, 6.07) is 6.71. The van der Waals surface area contributed by atoms with Crippen molar-refractivity contribution in [3.05, 3.63) is 96.9 Å². The number of fused-ring (bicyclic) bond motifs is 2. The first kappa shape index (κ1) is 31.8. The lowest BCUT2D eigenvalue weighted by Crippen LogP contribution is -2.10. The Morgan fingerprint density at radius 3 is 2.34 bits per heavy atom. The van der Waals surface area contributed by atoms with Gasteiger partial charge in [-0.15, -0.1) is 5.73 Å². The van der Waals surface area contributed by atoms with Crippen LogP contribution >= 0.6 is 0 Å². The van der Waals surface area contributed by atoms with Gasteiger partial charge in [-0.2, -0.15) is 5.10 Å². The number of rotatable bonds is 7. The summed E-state index contributed by atoms with van der Waals surface area (Å²) in [4.78, 5) is 22.9. The lowest BCUT2D eigenvalue weighted by Gasteiger charge is -2.10. The van der Waals surface area contributed by atoms with Gasteiger partial charge < -0.3 is 15.2 Å². The van der Waals surface area contributed by atoms with Gasteiger partial charge in [0.2, 0.25) is 0 Å². The highest BCUT2D eigenvalue weighted by Crippen LogP contribution is 2.34. The number of halogens is 2. The van der Waals surface area contributed by atoms with Crippen molar-refractivity contribution in [2.24, 2.45) is 0 Å². The molecular weight excluding hydrogens is 560 g/mol. The van der Waals surface area contributed by atoms with Gasteiger partial charge >= 0.3 is 0 Å². The number of imidazole rings is 1. The third-order valence-electron chi connectivity index (χ3n) is 6.38. The first-order valence-corrected chi connectivity index (χ1v) is 14.0. The zero-order valence-electron chi connectivity index (χ0n) is 25.5. The van der Waals surface area contributed by atoms with Crippen LogP contribution in [-0.4, -0.2) is 61.2 Å². The van der Waals surface area contributed by atoms with Crippen molar-refractivity contribution in [2.75, 3.05) is 21.1 Å². The van der Waals surface area contributed by atoms with E-state index in [0.717, 1.165) is 11.1 Å². The first-order valence-electron chi connectivity index (χ1n) is 14.0. The number of hydrogen-bond donors (Lipinski definition) is 3. The molecule has 6 aromatic rings. The number of aromatic amines is 2. The predicted octanol–water partition coefficient (Wildman–Crippen LogP) is 6.67. The Labute approximate surface area is 254 Å². The minimum Gasteiger partial charge on any atom is -0.335 e. The van der Waals surface area contributed by atoms with Gasteiger partial charge in [-0.1, -0.05) is 27.0 Å². The van der Waals surface area contributed by atoms with E-state index in [2.05, 4.69) is 54.3 Å². The van der Waals surface area contributed by atoms with Crippen LogP contribution in [-0.2, 0) is 13.1 Å². The molecule has 0 spiro atoms. The van der Waals surface area contributed by atoms with E-state index in [1.54, 1.807) is 38.0 Å². The molecule has 5 heterocycles. The van der Waals surface area contributed by atoms with Gasteiger partial charge in [0.05, 0.1) is 34.3 Å². The van der Waals surface area contributed by atoms with Crippen LogP contribution in [0.1, 0.15) is 25.0 Å². The third kappa shape index (κ3) is 6.76. The quantitative estimate of drug-likeness (QED) is 0.177. The standard InChI is InChI=1S/C28H25F2N9.C3H4.C2H6/c1-31-8-15-4-17(7-19(29)6-15)20-11-33-12-22-26(20)36-28(35-22)27-23-21(37-38-27)13-34-25(24(23)30)18-5-16(9-32-10-18)14-39(2)3;1-3-2;1-2/h4-7,9-13,31H,8,14H2,1-3H3,(H,35,36)(H,37,38);1-2H2;1-2H3. The van der Waals surface area contributed by atoms with Crippen LogP contribution in [0.25, 0.3) is 55.8 Å². The van der Waals surface area contributed by atoms with Gasteiger partial charge in [0.25, 0.3) is 0 Å². The molecule has 0 aliphatic rings. The monoisotopic (exact) mass is 595 g/mol. The summed E-state index contributed by atoms with van der Waals surface area (Å²) in [7, 11) is 5.72. The Bertz CT molecular complexity index is 1920. The molecule has 0 aliphatic heterocycles. The molecule has 0 fully saturated rings. The van der Waals surface area contributed by atoms with Crippen LogP contribution < -0.4 is 5.32 Å². The maximum Gasteiger partial charge on any atom is 0.161 e. The van der Waals surface area contributed by atoms with Crippen LogP contribution in [0, 0.1) is 11.6 Å². The molecule has 0 unspecified atom stereocenters. The average Bonchev–Trinajstić information content (AvgIpc) is 3.63. The van der Waals surface area contributed by atoms with E-state index in [9.17, 15) is 4.39 Å². The van der Waals surface area contributed by atoms with Gasteiger partial charge in [-0.3, -0.25) is 20.1 Å². The van der Waals surface area contributed by atoms with Crippen molar-refractivity contribution in [1.29, 1.82) is 0 Å². The van der Waals surface area contributed by atoms with Crippen LogP contribution in [0.3, 0.4) is 0 Å². The summed E-state index contributed by atoms with van der Waals surface area (Å²) in [6.07, 6.45) is 8.17. The molecule has 9 nitrogen and oxygen atoms in total. The first-order chi connectivity index (χ1) is 21.3. The van der Waals surface area contributed by atoms with Crippen molar-refractivity contribution in [2.45, 2.75) is 26.9 Å². The molecule has 0 amide bonds. The van der Waals surface area contributed by atoms with Gasteiger partial charge in [0, 0.05) is 42.8 Å². The average molecular weight is 596 g/mol. The van der Waals surface area contributed by atoms with Crippen LogP contribution in [0.5, 0.6) is 0 Å². The molecule has 44 heavy (non-hydrogen) atoms. The van der Waals surface area contributed by atoms with E-state index in [1.165, 1.54) is 12.1 Å². The van der Waals surface area contributed by atoms with Crippen molar-refractivity contribution < 1.29 is 8.78 Å². The minimum atomic E-state index is -0.527. The Balaban J connectivity index is 0.000000834. The van der Waals surface area contributed by atoms with Crippen LogP contribution in [0.15, 0.2) is 74.1 Å². The Morgan fingerprint density at radius 2 is 1.61 bits per heavy atom. The molecule has 0 saturated carbocycles. The molecule has 0 bridgehead atoms. The molecule has 1 aromatic carbocycles. The van der Waals surface area contributed by atoms with Gasteiger partial charge in [-0.25, -0.2) is 13.8 Å². The third-order valence-corrected chi connectivity index (χ3v) is 6.38. The molecule has 0 saturated heterocycles. The van der Waals surface area contributed by atoms with E-state index in [0.29, 0.717) is 57.8 Å². The van der Waals surface area contributed by atoms with E-state index in [1.807, 2.05) is 45.0 Å². The number of hydrogen-bond acceptors (Lipinski definition) is 7. The highest BCUT2D eigenvalue weighted by Gasteiger charge is 2.21. The van der Waals surface area contributed by atoms with Crippen molar-refractivity contribution in [3.8, 4) is 33.9 Å². The highest BCUT2D eigenvalue weighted by atomic mass is 19.1. The number of pyridine rings is 3. The fraction of sp³-hybridized carbons (Fsp3) is 0.212. The zero-order chi connectivity index (χ0) is 31.8. The maximum atomic E-state index is 16.0. The molecule has 3 N–H and O–H groups in total. The molecule has 11 heteroatoms. The fourth-order valence-corrected chi connectivity index (χ4v) is 4.79. The summed E-state index contributed by atoms with van der Waals surface area (Å²) in [6.45, 7) is 11.4. The van der Waals surface area contributed by atoms with Crippen molar-refractivity contribution >= 4 is 21.9 Å². The fourth-order valence-electron chi connectivity index (χ4n) is 4.79. The van der Waals surface area contributed by atoms with Gasteiger partial charge in [0.1, 0.15) is 17.2 Å². The Morgan fingerprint density at radius 1 is 0.886 bits per heavy atom. The van der Waals surface area contributed by atoms with Crippen LogP contribution in [0.2, 0.25) is 0 Å². The number of nitrogens with zero attached hydrogens (tertiary/aromatic N) is 6. The summed E-state index contributed by atoms with van der Waals surface area (Å²) >= 11 is 0. The minimum absolute atomic E-state index is 0.175. The highest BCUT2D eigenvalue weighted by molar-refractivity contribution is 5.97. The summed E-state index contributed by atoms with van der Waals surface area (Å²) in [5, 5.41) is 10.5. The number of H-pyrrole nitrogens is 2. The molecule has 0 aliphatic carbocycles. The number of benzene rings is 1. The predicted molar refractivity (Wildman–Crippen MR) is 172 cm³/mol. The van der Waals surface area contributed by atoms with Gasteiger partial charge in [-0.05, 0) is 62.1 Å². The van der Waals surface area contributed by atoms with E-state index < -0.39 is 5.82 Å². The second kappa shape index (κ2) is 14.4. The largest absolute Gasteiger partial charge is 0.335 e. The Kier molecular flexibility index (Phi) is 10.4. The van der Waals surface area contributed by atoms with E-state index in [4.69, 9.17) is 4.98 Å². The van der Waals surface area contributed by atoms with E-state index >= 15 is 4.39 Å². The van der Waals surface area contributed by atoms with E-state index in [-0.39, 0.29) is 16.9 Å². The van der Waals surface area contributed by atoms with Crippen molar-refractivity contribution in [3.63, 3.8) is 0 Å². The molecular formula is C33H35F2N9. The lowest BCUT2D eigenvalue weighted by molar-refractivity contribution is 0.402. The molecule has 226 valence electrons. The zero-order valence-corrected chi connectivity index (χ0v) is 25.5. The number of nitrogens with one attached hydrogen (secondary N) is 3. The second-order valence-corrected chi connectivity index (χ2v) is 9.90. The summed E-state index contributed by atoms with van der Waals surface area (Å²) < 4.78 is 30.4. The molecule has 0 radical (unpaired) electrons. The second-order valence-electron chi connectivity index (χ2n) is 9.90. The van der Waals surface area contributed by atoms with Crippen molar-refractivity contribution in [1.82, 2.24) is 45.3 Å². The normalized spacial score (nSPS) is 10.7. The van der Waals surface area contributed by atoms with Gasteiger partial charge in [0.15, 0.2) is 11.6 Å². The van der Waals surface area contributed by atoms with Crippen LogP contribution in [0.4, 0.5) is 8.78 Å².